The van der Waals surface area contributed by atoms with E-state index in [2.05, 4.69) is 31.0 Å². The van der Waals surface area contributed by atoms with Gasteiger partial charge in [-0.2, -0.15) is 10.1 Å². The summed E-state index contributed by atoms with van der Waals surface area (Å²) < 4.78 is 5.79. The van der Waals surface area contributed by atoms with E-state index in [0.717, 1.165) is 21.4 Å². The van der Waals surface area contributed by atoms with Gasteiger partial charge in [0.2, 0.25) is 5.95 Å². The average Bonchev–Trinajstić information content (AvgIpc) is 3.15. The number of hydrogen-bond donors (Lipinski definition) is 1. The first-order valence-electron chi connectivity index (χ1n) is 8.33. The van der Waals surface area contributed by atoms with Crippen LogP contribution in [0.15, 0.2) is 44.4 Å². The summed E-state index contributed by atoms with van der Waals surface area (Å²) in [6, 6.07) is 9.76. The SMILES string of the molecule is Cc1cc(C)n(-c2nc3c(c(=O)[nH]c(=O)n3C)n2Cc2ccc(Br)cc2)n1. The normalized spacial score (nSPS) is 11.4. The van der Waals surface area contributed by atoms with E-state index in [-0.39, 0.29) is 0 Å². The molecule has 0 fully saturated rings. The number of nitrogens with zero attached hydrogens (tertiary/aromatic N) is 5. The number of imidazole rings is 1. The molecule has 1 aromatic carbocycles. The van der Waals surface area contributed by atoms with Crippen LogP contribution in [0.25, 0.3) is 17.1 Å². The van der Waals surface area contributed by atoms with Gasteiger partial charge in [-0.05, 0) is 37.6 Å². The van der Waals surface area contributed by atoms with Gasteiger partial charge in [0.15, 0.2) is 11.2 Å². The Bertz CT molecular complexity index is 1280. The van der Waals surface area contributed by atoms with Crippen molar-refractivity contribution < 1.29 is 0 Å². The van der Waals surface area contributed by atoms with E-state index in [4.69, 9.17) is 0 Å². The molecule has 0 aliphatic heterocycles. The number of benzene rings is 1. The first kappa shape index (κ1) is 17.5. The lowest BCUT2D eigenvalue weighted by molar-refractivity contribution is 0.701. The highest BCUT2D eigenvalue weighted by molar-refractivity contribution is 9.10. The molecule has 3 heterocycles. The molecule has 0 bridgehead atoms. The van der Waals surface area contributed by atoms with Crippen molar-refractivity contribution >= 4 is 27.1 Å². The van der Waals surface area contributed by atoms with Crippen molar-refractivity contribution in [1.82, 2.24) is 28.9 Å². The first-order valence-corrected chi connectivity index (χ1v) is 9.12. The van der Waals surface area contributed by atoms with E-state index in [1.807, 2.05) is 44.2 Å². The Balaban J connectivity index is 2.04. The van der Waals surface area contributed by atoms with Crippen LogP contribution in [0.3, 0.4) is 0 Å². The first-order chi connectivity index (χ1) is 12.8. The second-order valence-electron chi connectivity index (χ2n) is 6.45. The van der Waals surface area contributed by atoms with Crippen LogP contribution in [-0.2, 0) is 13.6 Å². The lowest BCUT2D eigenvalue weighted by Crippen LogP contribution is -2.29. The molecule has 0 radical (unpaired) electrons. The Morgan fingerprint density at radius 2 is 1.85 bits per heavy atom. The Morgan fingerprint density at radius 1 is 1.15 bits per heavy atom. The lowest BCUT2D eigenvalue weighted by atomic mass is 10.2. The molecule has 138 valence electrons. The van der Waals surface area contributed by atoms with Crippen LogP contribution < -0.4 is 11.2 Å². The van der Waals surface area contributed by atoms with E-state index < -0.39 is 11.2 Å². The Labute approximate surface area is 162 Å². The maximum Gasteiger partial charge on any atom is 0.329 e. The van der Waals surface area contributed by atoms with Gasteiger partial charge in [-0.1, -0.05) is 28.1 Å². The molecule has 0 aliphatic carbocycles. The number of halogens is 1. The fourth-order valence-electron chi connectivity index (χ4n) is 3.14. The number of hydrogen-bond acceptors (Lipinski definition) is 4. The molecular weight excluding hydrogens is 412 g/mol. The van der Waals surface area contributed by atoms with Gasteiger partial charge in [0.1, 0.15) is 0 Å². The number of aromatic nitrogens is 6. The molecule has 4 rings (SSSR count). The highest BCUT2D eigenvalue weighted by atomic mass is 79.9. The molecule has 8 nitrogen and oxygen atoms in total. The molecule has 0 amide bonds. The van der Waals surface area contributed by atoms with E-state index >= 15 is 0 Å². The van der Waals surface area contributed by atoms with Crippen molar-refractivity contribution in [2.24, 2.45) is 7.05 Å². The number of rotatable bonds is 3. The number of fused-ring (bicyclic) bond motifs is 1. The quantitative estimate of drug-likeness (QED) is 0.540. The number of aryl methyl sites for hydroxylation is 3. The number of H-pyrrole nitrogens is 1. The van der Waals surface area contributed by atoms with E-state index in [1.54, 1.807) is 16.3 Å². The molecular formula is C18H17BrN6O2. The average molecular weight is 429 g/mol. The second-order valence-corrected chi connectivity index (χ2v) is 7.37. The molecule has 0 atom stereocenters. The van der Waals surface area contributed by atoms with Crippen LogP contribution in [0.4, 0.5) is 0 Å². The summed E-state index contributed by atoms with van der Waals surface area (Å²) in [4.78, 5) is 31.5. The maximum absolute atomic E-state index is 12.6. The highest BCUT2D eigenvalue weighted by Gasteiger charge is 2.20. The molecule has 0 saturated heterocycles. The topological polar surface area (TPSA) is 90.5 Å². The zero-order valence-corrected chi connectivity index (χ0v) is 16.6. The summed E-state index contributed by atoms with van der Waals surface area (Å²) in [5.74, 6) is 0.491. The molecule has 27 heavy (non-hydrogen) atoms. The molecule has 9 heteroatoms. The van der Waals surface area contributed by atoms with Gasteiger partial charge in [0.05, 0.1) is 12.2 Å². The third-order valence-corrected chi connectivity index (χ3v) is 4.97. The fourth-order valence-corrected chi connectivity index (χ4v) is 3.40. The van der Waals surface area contributed by atoms with Gasteiger partial charge >= 0.3 is 5.69 Å². The predicted octanol–water partition coefficient (Wildman–Crippen LogP) is 2.04. The largest absolute Gasteiger partial charge is 0.329 e. The Hall–Kier alpha value is -2.94. The lowest BCUT2D eigenvalue weighted by Gasteiger charge is -2.10. The maximum atomic E-state index is 12.6. The molecule has 4 aromatic rings. The van der Waals surface area contributed by atoms with Crippen LogP contribution in [0, 0.1) is 13.8 Å². The minimum Gasteiger partial charge on any atom is -0.298 e. The summed E-state index contributed by atoms with van der Waals surface area (Å²) in [6.45, 7) is 4.24. The van der Waals surface area contributed by atoms with E-state index in [9.17, 15) is 9.59 Å². The molecule has 0 unspecified atom stereocenters. The summed E-state index contributed by atoms with van der Waals surface area (Å²) >= 11 is 3.43. The molecule has 0 saturated carbocycles. The third-order valence-electron chi connectivity index (χ3n) is 4.44. The summed E-state index contributed by atoms with van der Waals surface area (Å²) in [7, 11) is 1.59. The summed E-state index contributed by atoms with van der Waals surface area (Å²) in [6.07, 6.45) is 0. The summed E-state index contributed by atoms with van der Waals surface area (Å²) in [5.41, 5.74) is 2.42. The van der Waals surface area contributed by atoms with Crippen LogP contribution in [0.2, 0.25) is 0 Å². The van der Waals surface area contributed by atoms with Crippen molar-refractivity contribution in [3.8, 4) is 5.95 Å². The predicted molar refractivity (Wildman–Crippen MR) is 105 cm³/mol. The zero-order valence-electron chi connectivity index (χ0n) is 15.0. The highest BCUT2D eigenvalue weighted by Crippen LogP contribution is 2.19. The van der Waals surface area contributed by atoms with Crippen molar-refractivity contribution in [3.63, 3.8) is 0 Å². The van der Waals surface area contributed by atoms with Crippen LogP contribution in [0.5, 0.6) is 0 Å². The van der Waals surface area contributed by atoms with Crippen molar-refractivity contribution in [2.45, 2.75) is 20.4 Å². The number of nitrogens with one attached hydrogen (secondary N) is 1. The molecule has 3 aromatic heterocycles. The standard InChI is InChI=1S/C18H17BrN6O2/c1-10-8-11(2)25(22-10)17-20-15-14(16(26)21-18(27)23(15)3)24(17)9-12-4-6-13(19)7-5-12/h4-8H,9H2,1-3H3,(H,21,26,27). The van der Waals surface area contributed by atoms with Gasteiger partial charge in [-0.25, -0.2) is 9.48 Å². The Morgan fingerprint density at radius 3 is 2.48 bits per heavy atom. The molecule has 0 spiro atoms. The van der Waals surface area contributed by atoms with Gasteiger partial charge in [-0.3, -0.25) is 18.9 Å². The minimum absolute atomic E-state index is 0.323. The number of aromatic amines is 1. The minimum atomic E-state index is -0.499. The fraction of sp³-hybridized carbons (Fsp3) is 0.222. The van der Waals surface area contributed by atoms with Crippen molar-refractivity contribution in [1.29, 1.82) is 0 Å². The van der Waals surface area contributed by atoms with Gasteiger partial charge in [0.25, 0.3) is 5.56 Å². The van der Waals surface area contributed by atoms with Crippen LogP contribution in [-0.4, -0.2) is 28.9 Å². The molecule has 0 aliphatic rings. The van der Waals surface area contributed by atoms with E-state index in [0.29, 0.717) is 23.7 Å². The monoisotopic (exact) mass is 428 g/mol. The van der Waals surface area contributed by atoms with Crippen molar-refractivity contribution in [2.75, 3.05) is 0 Å². The third kappa shape index (κ3) is 2.93. The van der Waals surface area contributed by atoms with Crippen LogP contribution >= 0.6 is 15.9 Å². The van der Waals surface area contributed by atoms with E-state index in [1.165, 1.54) is 4.57 Å². The van der Waals surface area contributed by atoms with Crippen LogP contribution in [0.1, 0.15) is 17.0 Å². The van der Waals surface area contributed by atoms with Gasteiger partial charge < -0.3 is 0 Å². The second kappa shape index (κ2) is 6.34. The smallest absolute Gasteiger partial charge is 0.298 e. The van der Waals surface area contributed by atoms with Crippen molar-refractivity contribution in [3.05, 3.63) is 72.6 Å². The van der Waals surface area contributed by atoms with Gasteiger partial charge in [0, 0.05) is 17.2 Å². The van der Waals surface area contributed by atoms with Gasteiger partial charge in [-0.15, -0.1) is 0 Å². The zero-order chi connectivity index (χ0) is 19.3. The summed E-state index contributed by atoms with van der Waals surface area (Å²) in [5, 5.41) is 4.50. The Kier molecular flexibility index (Phi) is 4.11. The molecule has 1 N–H and O–H groups in total.